The zero-order chi connectivity index (χ0) is 23.3. The molecule has 1 N–H and O–H groups in total. The Kier molecular flexibility index (Phi) is 7.42. The van der Waals surface area contributed by atoms with Gasteiger partial charge in [0.1, 0.15) is 18.2 Å². The molecule has 0 aliphatic heterocycles. The lowest BCUT2D eigenvalue weighted by Gasteiger charge is -2.10. The molecule has 0 amide bonds. The minimum absolute atomic E-state index is 0.0411. The fourth-order valence-electron chi connectivity index (χ4n) is 3.23. The van der Waals surface area contributed by atoms with Crippen LogP contribution in [0, 0.1) is 0 Å². The van der Waals surface area contributed by atoms with Gasteiger partial charge in [-0.05, 0) is 52.1 Å². The maximum Gasteiger partial charge on any atom is 0.327 e. The molecular weight excluding hydrogens is 430 g/mol. The van der Waals surface area contributed by atoms with Gasteiger partial charge >= 0.3 is 5.97 Å². The minimum atomic E-state index is -0.321. The van der Waals surface area contributed by atoms with Crippen LogP contribution in [-0.2, 0) is 16.1 Å². The quantitative estimate of drug-likeness (QED) is 0.231. The number of halogens is 1. The van der Waals surface area contributed by atoms with E-state index in [2.05, 4.69) is 56.7 Å². The number of nitrogens with one attached hydrogen (secondary N) is 1. The Labute approximate surface area is 191 Å². The highest BCUT2D eigenvalue weighted by Gasteiger charge is 2.16. The molecule has 0 aromatic carbocycles. The van der Waals surface area contributed by atoms with Gasteiger partial charge in [0.25, 0.3) is 0 Å². The summed E-state index contributed by atoms with van der Waals surface area (Å²) in [6.45, 7) is 11.6. The maximum atomic E-state index is 11.8. The number of pyridine rings is 1. The molecule has 0 saturated heterocycles. The normalized spacial score (nSPS) is 12.4. The van der Waals surface area contributed by atoms with Crippen molar-refractivity contribution in [2.75, 3.05) is 11.9 Å². The smallest absolute Gasteiger partial charge is 0.327 e. The van der Waals surface area contributed by atoms with Crippen molar-refractivity contribution in [1.82, 2.24) is 19.3 Å². The maximum absolute atomic E-state index is 11.8. The van der Waals surface area contributed by atoms with Crippen LogP contribution in [0.2, 0.25) is 0 Å². The Bertz CT molecular complexity index is 1190. The molecule has 0 fully saturated rings. The minimum Gasteiger partial charge on any atom is -0.465 e. The number of carbonyl (C=O) groups excluding carboxylic acids is 1. The third-order valence-electron chi connectivity index (χ3n) is 4.69. The molecule has 0 unspecified atom stereocenters. The van der Waals surface area contributed by atoms with E-state index in [1.54, 1.807) is 30.1 Å². The van der Waals surface area contributed by atoms with Crippen molar-refractivity contribution in [2.45, 2.75) is 40.3 Å². The fraction of sp³-hybridized carbons (Fsp3) is 0.318. The molecule has 168 valence electrons. The SMILES string of the molecule is C=N/C(Cl)=N\C(=C/C)Nc1cc2c(cn1)c(-c1cnn(CC(=O)OCC)c1)cn2C(C)C. The molecule has 0 atom stereocenters. The molecule has 0 aliphatic rings. The Morgan fingerprint density at radius 2 is 2.16 bits per heavy atom. The number of amidine groups is 1. The number of esters is 1. The first-order valence-electron chi connectivity index (χ1n) is 10.2. The van der Waals surface area contributed by atoms with E-state index in [0.29, 0.717) is 18.2 Å². The van der Waals surface area contributed by atoms with E-state index in [-0.39, 0.29) is 23.9 Å². The van der Waals surface area contributed by atoms with E-state index in [1.807, 2.05) is 19.2 Å². The summed E-state index contributed by atoms with van der Waals surface area (Å²) in [6, 6.07) is 2.17. The third kappa shape index (κ3) is 5.23. The second kappa shape index (κ2) is 10.2. The highest BCUT2D eigenvalue weighted by Crippen LogP contribution is 2.33. The largest absolute Gasteiger partial charge is 0.465 e. The average Bonchev–Trinajstić information content (AvgIpc) is 3.37. The van der Waals surface area contributed by atoms with Gasteiger partial charge in [-0.1, -0.05) is 0 Å². The molecular formula is C22H26ClN7O2. The van der Waals surface area contributed by atoms with Crippen LogP contribution in [0.15, 0.2) is 52.7 Å². The van der Waals surface area contributed by atoms with Crippen molar-refractivity contribution in [3.63, 3.8) is 0 Å². The highest BCUT2D eigenvalue weighted by atomic mass is 35.5. The van der Waals surface area contributed by atoms with Gasteiger partial charge in [0.05, 0.1) is 18.3 Å². The number of carbonyl (C=O) groups is 1. The summed E-state index contributed by atoms with van der Waals surface area (Å²) in [5.41, 5.74) is 2.87. The van der Waals surface area contributed by atoms with Crippen LogP contribution in [0.5, 0.6) is 0 Å². The lowest BCUT2D eigenvalue weighted by molar-refractivity contribution is -0.144. The van der Waals surface area contributed by atoms with Crippen LogP contribution in [0.3, 0.4) is 0 Å². The molecule has 3 rings (SSSR count). The van der Waals surface area contributed by atoms with Gasteiger partial charge in [-0.25, -0.2) is 15.0 Å². The van der Waals surface area contributed by atoms with Crippen molar-refractivity contribution in [1.29, 1.82) is 0 Å². The van der Waals surface area contributed by atoms with E-state index in [1.165, 1.54) is 0 Å². The first-order valence-corrected chi connectivity index (χ1v) is 10.6. The zero-order valence-corrected chi connectivity index (χ0v) is 19.3. The van der Waals surface area contributed by atoms with Crippen LogP contribution in [0.4, 0.5) is 5.82 Å². The molecule has 3 aromatic heterocycles. The van der Waals surface area contributed by atoms with E-state index < -0.39 is 0 Å². The van der Waals surface area contributed by atoms with Gasteiger partial charge in [-0.15, -0.1) is 0 Å². The molecule has 0 spiro atoms. The van der Waals surface area contributed by atoms with Gasteiger partial charge in [0.2, 0.25) is 5.29 Å². The predicted molar refractivity (Wildman–Crippen MR) is 128 cm³/mol. The van der Waals surface area contributed by atoms with Crippen LogP contribution in [0.25, 0.3) is 22.0 Å². The molecule has 32 heavy (non-hydrogen) atoms. The fourth-order valence-corrected chi connectivity index (χ4v) is 3.32. The molecule has 3 heterocycles. The molecule has 3 aromatic rings. The summed E-state index contributed by atoms with van der Waals surface area (Å²) in [7, 11) is 0. The van der Waals surface area contributed by atoms with Crippen LogP contribution >= 0.6 is 11.6 Å². The summed E-state index contributed by atoms with van der Waals surface area (Å²) < 4.78 is 8.74. The molecule has 0 radical (unpaired) electrons. The van der Waals surface area contributed by atoms with Gasteiger partial charge in [-0.3, -0.25) is 9.48 Å². The Morgan fingerprint density at radius 3 is 2.81 bits per heavy atom. The number of aliphatic imine (C=N–C) groups is 2. The molecule has 0 aliphatic carbocycles. The number of nitrogens with zero attached hydrogens (tertiary/aromatic N) is 6. The Balaban J connectivity index is 1.97. The first-order chi connectivity index (χ1) is 15.4. The number of aromatic nitrogens is 4. The van der Waals surface area contributed by atoms with Gasteiger partial charge < -0.3 is 14.6 Å². The predicted octanol–water partition coefficient (Wildman–Crippen LogP) is 4.61. The molecule has 9 nitrogen and oxygen atoms in total. The topological polar surface area (TPSA) is 98.7 Å². The summed E-state index contributed by atoms with van der Waals surface area (Å²) in [4.78, 5) is 24.0. The van der Waals surface area contributed by atoms with Crippen molar-refractivity contribution < 1.29 is 9.53 Å². The number of anilines is 1. The lowest BCUT2D eigenvalue weighted by atomic mass is 10.1. The standard InChI is InChI=1S/C22H26ClN7O2/c1-6-19(28-22(23)24-5)27-20-8-18-16(10-25-20)17(12-30(18)14(3)4)15-9-26-29(11-15)13-21(31)32-7-2/h6,8-12,14H,5,7,13H2,1-4H3,(H,25,27)/b19-6-,28-22-. The second-order valence-electron chi connectivity index (χ2n) is 7.20. The van der Waals surface area contributed by atoms with E-state index >= 15 is 0 Å². The van der Waals surface area contributed by atoms with Gasteiger partial charge in [0.15, 0.2) is 0 Å². The number of ether oxygens (including phenoxy) is 1. The number of rotatable bonds is 8. The van der Waals surface area contributed by atoms with E-state index in [9.17, 15) is 4.79 Å². The van der Waals surface area contributed by atoms with Gasteiger partial charge in [-0.2, -0.15) is 5.10 Å². The van der Waals surface area contributed by atoms with Crippen molar-refractivity contribution >= 4 is 46.3 Å². The van der Waals surface area contributed by atoms with Crippen molar-refractivity contribution in [2.24, 2.45) is 9.98 Å². The second-order valence-corrected chi connectivity index (χ2v) is 7.54. The number of allylic oxidation sites excluding steroid dienone is 1. The van der Waals surface area contributed by atoms with Crippen molar-refractivity contribution in [3.8, 4) is 11.1 Å². The van der Waals surface area contributed by atoms with E-state index in [0.717, 1.165) is 22.0 Å². The van der Waals surface area contributed by atoms with E-state index in [4.69, 9.17) is 16.3 Å². The molecule has 0 saturated carbocycles. The van der Waals surface area contributed by atoms with Crippen molar-refractivity contribution in [3.05, 3.63) is 42.8 Å². The summed E-state index contributed by atoms with van der Waals surface area (Å²) >= 11 is 5.87. The first kappa shape index (κ1) is 23.2. The van der Waals surface area contributed by atoms with Crippen LogP contribution in [0.1, 0.15) is 33.7 Å². The third-order valence-corrected chi connectivity index (χ3v) is 4.89. The summed E-state index contributed by atoms with van der Waals surface area (Å²) in [5, 5.41) is 8.46. The summed E-state index contributed by atoms with van der Waals surface area (Å²) in [6.07, 6.45) is 9.21. The monoisotopic (exact) mass is 455 g/mol. The summed E-state index contributed by atoms with van der Waals surface area (Å²) in [5.74, 6) is 0.808. The number of fused-ring (bicyclic) bond motifs is 1. The lowest BCUT2D eigenvalue weighted by Crippen LogP contribution is -2.13. The Hall–Kier alpha value is -3.46. The molecule has 0 bridgehead atoms. The molecule has 10 heteroatoms. The van der Waals surface area contributed by atoms with Gasteiger partial charge in [0, 0.05) is 47.2 Å². The highest BCUT2D eigenvalue weighted by molar-refractivity contribution is 6.65. The number of hydrogen-bond donors (Lipinski definition) is 1. The van der Waals surface area contributed by atoms with Crippen LogP contribution in [-0.4, -0.2) is 43.9 Å². The van der Waals surface area contributed by atoms with Crippen LogP contribution < -0.4 is 5.32 Å². The Morgan fingerprint density at radius 1 is 1.38 bits per heavy atom. The number of hydrogen-bond acceptors (Lipinski definition) is 6. The zero-order valence-electron chi connectivity index (χ0n) is 18.5. The average molecular weight is 456 g/mol.